The second-order valence-corrected chi connectivity index (χ2v) is 9.55. The molecule has 9 nitrogen and oxygen atoms in total. The molecule has 12 heteroatoms. The van der Waals surface area contributed by atoms with E-state index in [9.17, 15) is 14.9 Å². The fraction of sp³-hybridized carbons (Fsp3) is 0.174. The van der Waals surface area contributed by atoms with Crippen LogP contribution >= 0.6 is 39.1 Å². The molecule has 2 aromatic heterocycles. The number of benzene rings is 2. The van der Waals surface area contributed by atoms with Gasteiger partial charge in [0.05, 0.1) is 22.5 Å². The molecule has 0 unspecified atom stereocenters. The monoisotopic (exact) mass is 576 g/mol. The smallest absolute Gasteiger partial charge is 0.304 e. The maximum atomic E-state index is 12.9. The zero-order valence-corrected chi connectivity index (χ0v) is 21.7. The highest BCUT2D eigenvalue weighted by molar-refractivity contribution is 9.10. The zero-order valence-electron chi connectivity index (χ0n) is 18.6. The Morgan fingerprint density at radius 1 is 1.14 bits per heavy atom. The number of nitrogens with zero attached hydrogens (tertiary/aromatic N) is 5. The van der Waals surface area contributed by atoms with Crippen molar-refractivity contribution in [3.63, 3.8) is 0 Å². The van der Waals surface area contributed by atoms with Crippen molar-refractivity contribution in [3.05, 3.63) is 101 Å². The average Bonchev–Trinajstić information content (AvgIpc) is 3.27. The number of nitro groups is 1. The highest BCUT2D eigenvalue weighted by Crippen LogP contribution is 2.26. The van der Waals surface area contributed by atoms with Gasteiger partial charge in [-0.3, -0.25) is 24.3 Å². The Balaban J connectivity index is 1.49. The third kappa shape index (κ3) is 5.55. The first-order valence-corrected chi connectivity index (χ1v) is 11.9. The van der Waals surface area contributed by atoms with E-state index in [0.29, 0.717) is 50.4 Å². The lowest BCUT2D eigenvalue weighted by Gasteiger charge is -2.08. The van der Waals surface area contributed by atoms with Crippen LogP contribution in [-0.4, -0.2) is 30.4 Å². The van der Waals surface area contributed by atoms with Gasteiger partial charge in [-0.15, -0.1) is 0 Å². The Kier molecular flexibility index (Phi) is 7.25. The summed E-state index contributed by atoms with van der Waals surface area (Å²) in [5, 5.41) is 23.8. The summed E-state index contributed by atoms with van der Waals surface area (Å²) in [7, 11) is 0. The van der Waals surface area contributed by atoms with Crippen LogP contribution in [-0.2, 0) is 13.1 Å². The lowest BCUT2D eigenvalue weighted by Crippen LogP contribution is -2.14. The molecule has 0 saturated heterocycles. The SMILES string of the molecule is Cc1nn(Cc2cccc(C(=O)Nc3nn(Cc4ccc(Cl)cc4Cl)cc3Br)c2)c(C)c1[N+](=O)[O-]. The van der Waals surface area contributed by atoms with Crippen molar-refractivity contribution in [2.75, 3.05) is 5.32 Å². The van der Waals surface area contributed by atoms with Gasteiger partial charge in [0.15, 0.2) is 5.82 Å². The van der Waals surface area contributed by atoms with Gasteiger partial charge in [-0.2, -0.15) is 10.2 Å². The minimum atomic E-state index is -0.435. The zero-order chi connectivity index (χ0) is 25.3. The molecule has 1 N–H and O–H groups in total. The van der Waals surface area contributed by atoms with Gasteiger partial charge in [0.1, 0.15) is 11.4 Å². The van der Waals surface area contributed by atoms with Gasteiger partial charge in [0.2, 0.25) is 0 Å². The van der Waals surface area contributed by atoms with Gasteiger partial charge in [-0.05, 0) is 65.2 Å². The van der Waals surface area contributed by atoms with Crippen LogP contribution in [0.4, 0.5) is 11.5 Å². The van der Waals surface area contributed by atoms with Crippen LogP contribution in [0.2, 0.25) is 10.0 Å². The number of aromatic nitrogens is 4. The second kappa shape index (κ2) is 10.2. The van der Waals surface area contributed by atoms with Gasteiger partial charge in [0.25, 0.3) is 5.91 Å². The summed E-state index contributed by atoms with van der Waals surface area (Å²) < 4.78 is 3.83. The van der Waals surface area contributed by atoms with E-state index >= 15 is 0 Å². The number of hydrogen-bond donors (Lipinski definition) is 1. The normalized spacial score (nSPS) is 11.0. The Morgan fingerprint density at radius 2 is 1.91 bits per heavy atom. The van der Waals surface area contributed by atoms with Gasteiger partial charge in [0, 0.05) is 21.8 Å². The molecule has 4 aromatic rings. The topological polar surface area (TPSA) is 108 Å². The number of halogens is 3. The van der Waals surface area contributed by atoms with E-state index in [0.717, 1.165) is 11.1 Å². The van der Waals surface area contributed by atoms with Gasteiger partial charge in [-0.1, -0.05) is 41.4 Å². The van der Waals surface area contributed by atoms with Crippen molar-refractivity contribution in [3.8, 4) is 0 Å². The third-order valence-corrected chi connectivity index (χ3v) is 6.51. The van der Waals surface area contributed by atoms with Gasteiger partial charge < -0.3 is 5.32 Å². The number of nitrogens with one attached hydrogen (secondary N) is 1. The lowest BCUT2D eigenvalue weighted by molar-refractivity contribution is -0.386. The Labute approximate surface area is 218 Å². The molecule has 2 aromatic carbocycles. The highest BCUT2D eigenvalue weighted by atomic mass is 79.9. The number of anilines is 1. The molecule has 0 aliphatic carbocycles. The summed E-state index contributed by atoms with van der Waals surface area (Å²) in [6, 6.07) is 12.2. The van der Waals surface area contributed by atoms with Crippen molar-refractivity contribution in [2.45, 2.75) is 26.9 Å². The van der Waals surface area contributed by atoms with E-state index < -0.39 is 4.92 Å². The molecule has 0 atom stereocenters. The number of aryl methyl sites for hydroxylation is 1. The standard InChI is InChI=1S/C23H19BrCl2N6O3/c1-13-21(32(34)35)14(2)31(28-13)10-15-4-3-5-16(8-15)23(33)27-22-19(24)12-30(29-22)11-17-6-7-18(25)9-20(17)26/h3-9,12H,10-11H2,1-2H3,(H,27,29,33). The molecule has 0 saturated carbocycles. The second-order valence-electron chi connectivity index (χ2n) is 7.85. The Hall–Kier alpha value is -3.21. The molecule has 2 heterocycles. The van der Waals surface area contributed by atoms with Crippen molar-refractivity contribution < 1.29 is 9.72 Å². The van der Waals surface area contributed by atoms with Crippen LogP contribution in [0.15, 0.2) is 53.1 Å². The fourth-order valence-electron chi connectivity index (χ4n) is 3.66. The van der Waals surface area contributed by atoms with Crippen LogP contribution < -0.4 is 5.32 Å². The maximum Gasteiger partial charge on any atom is 0.312 e. The van der Waals surface area contributed by atoms with Crippen LogP contribution in [0.5, 0.6) is 0 Å². The first-order chi connectivity index (χ1) is 16.6. The van der Waals surface area contributed by atoms with E-state index in [-0.39, 0.29) is 11.6 Å². The highest BCUT2D eigenvalue weighted by Gasteiger charge is 2.22. The fourth-order valence-corrected chi connectivity index (χ4v) is 4.54. The molecule has 0 aliphatic heterocycles. The van der Waals surface area contributed by atoms with Crippen LogP contribution in [0.25, 0.3) is 0 Å². The maximum absolute atomic E-state index is 12.9. The number of carbonyl (C=O) groups is 1. The molecule has 4 rings (SSSR count). The van der Waals surface area contributed by atoms with Gasteiger partial charge >= 0.3 is 5.69 Å². The first kappa shape index (κ1) is 24.9. The van der Waals surface area contributed by atoms with Crippen LogP contribution in [0.3, 0.4) is 0 Å². The summed E-state index contributed by atoms with van der Waals surface area (Å²) in [6.45, 7) is 3.94. The molecular weight excluding hydrogens is 559 g/mol. The molecule has 0 bridgehead atoms. The molecule has 0 spiro atoms. The molecule has 35 heavy (non-hydrogen) atoms. The Bertz CT molecular complexity index is 1450. The third-order valence-electron chi connectivity index (χ3n) is 5.34. The van der Waals surface area contributed by atoms with Gasteiger partial charge in [-0.25, -0.2) is 0 Å². The first-order valence-electron chi connectivity index (χ1n) is 10.4. The Morgan fingerprint density at radius 3 is 2.60 bits per heavy atom. The van der Waals surface area contributed by atoms with E-state index in [1.54, 1.807) is 59.7 Å². The van der Waals surface area contributed by atoms with E-state index in [4.69, 9.17) is 23.2 Å². The summed E-state index contributed by atoms with van der Waals surface area (Å²) in [5.74, 6) is 0.0151. The van der Waals surface area contributed by atoms with Crippen molar-refractivity contribution in [1.82, 2.24) is 19.6 Å². The quantitative estimate of drug-likeness (QED) is 0.213. The number of carbonyl (C=O) groups excluding carboxylic acids is 1. The molecule has 0 aliphatic rings. The van der Waals surface area contributed by atoms with E-state index in [1.807, 2.05) is 12.1 Å². The number of hydrogen-bond acceptors (Lipinski definition) is 5. The van der Waals surface area contributed by atoms with Crippen LogP contribution in [0, 0.1) is 24.0 Å². The van der Waals surface area contributed by atoms with Crippen molar-refractivity contribution in [2.24, 2.45) is 0 Å². The molecule has 0 fully saturated rings. The molecule has 1 amide bonds. The molecule has 0 radical (unpaired) electrons. The lowest BCUT2D eigenvalue weighted by atomic mass is 10.1. The summed E-state index contributed by atoms with van der Waals surface area (Å²) >= 11 is 15.6. The van der Waals surface area contributed by atoms with E-state index in [1.165, 1.54) is 0 Å². The molecular formula is C23H19BrCl2N6O3. The molecule has 180 valence electrons. The predicted octanol–water partition coefficient (Wildman–Crippen LogP) is 6.02. The summed E-state index contributed by atoms with van der Waals surface area (Å²) in [4.78, 5) is 23.7. The van der Waals surface area contributed by atoms with Crippen LogP contribution in [0.1, 0.15) is 32.9 Å². The minimum Gasteiger partial charge on any atom is -0.304 e. The average molecular weight is 578 g/mol. The number of rotatable bonds is 7. The summed E-state index contributed by atoms with van der Waals surface area (Å²) in [6.07, 6.45) is 1.74. The largest absolute Gasteiger partial charge is 0.312 e. The van der Waals surface area contributed by atoms with Crippen molar-refractivity contribution >= 4 is 56.5 Å². The summed E-state index contributed by atoms with van der Waals surface area (Å²) in [5.41, 5.74) is 2.83. The minimum absolute atomic E-state index is 0.000720. The van der Waals surface area contributed by atoms with E-state index in [2.05, 4.69) is 31.4 Å². The predicted molar refractivity (Wildman–Crippen MR) is 137 cm³/mol. The number of amides is 1. The van der Waals surface area contributed by atoms with Crippen molar-refractivity contribution in [1.29, 1.82) is 0 Å².